The van der Waals surface area contributed by atoms with E-state index in [2.05, 4.69) is 10.4 Å². The maximum atomic E-state index is 14.4. The first-order valence-electron chi connectivity index (χ1n) is 19.6. The highest BCUT2D eigenvalue weighted by Crippen LogP contribution is 2.55. The number of carbonyl (C=O) groups excluding carboxylic acids is 3. The van der Waals surface area contributed by atoms with Crippen LogP contribution in [0.5, 0.6) is 23.0 Å². The van der Waals surface area contributed by atoms with Gasteiger partial charge in [-0.15, -0.1) is 0 Å². The molecule has 9 unspecified atom stereocenters. The van der Waals surface area contributed by atoms with Crippen LogP contribution in [-0.4, -0.2) is 125 Å². The van der Waals surface area contributed by atoms with E-state index in [9.17, 15) is 48.3 Å². The summed E-state index contributed by atoms with van der Waals surface area (Å²) in [4.78, 5) is 40.4. The van der Waals surface area contributed by atoms with Gasteiger partial charge in [-0.3, -0.25) is 19.4 Å². The van der Waals surface area contributed by atoms with Gasteiger partial charge in [-0.2, -0.15) is 5.10 Å². The Morgan fingerprint density at radius 3 is 2.23 bits per heavy atom. The van der Waals surface area contributed by atoms with Crippen molar-refractivity contribution in [1.82, 2.24) is 5.01 Å². The van der Waals surface area contributed by atoms with Gasteiger partial charge in [0.05, 0.1) is 77.6 Å². The van der Waals surface area contributed by atoms with E-state index < -0.39 is 98.6 Å². The van der Waals surface area contributed by atoms with Gasteiger partial charge in [0.25, 0.3) is 11.7 Å². The molecule has 17 nitrogen and oxygen atoms in total. The first kappa shape index (κ1) is 45.9. The molecule has 6 N–H and O–H groups in total. The molecule has 1 saturated heterocycles. The van der Waals surface area contributed by atoms with E-state index in [0.29, 0.717) is 0 Å². The molecule has 5 bridgehead atoms. The van der Waals surface area contributed by atoms with Crippen molar-refractivity contribution in [2.75, 3.05) is 37.0 Å². The number of allylic oxidation sites excluding steroid dienone is 2. The Kier molecular flexibility index (Phi) is 13.6. The number of carbonyl (C=O) groups is 3. The Labute approximate surface area is 348 Å². The molecule has 0 aliphatic carbocycles. The zero-order chi connectivity index (χ0) is 44.6. The molecular formula is C42H55N3O14S. The Morgan fingerprint density at radius 2 is 1.62 bits per heavy atom. The number of phenols is 3. The standard InChI is InChI=1S/C42H55N3O14S/c1-20-11-10-12-21(2)41(53)44-32-27(19-43-45-14-17-60(54,55)18-15-45)36(50)29-30(37(32)51)35(49)25(6)39-31(29)40(52)42(8,59-39)57-16-13-28(56-9)22(3)38(58-26(7)46)24(5)34(48)23(4)33(20)47/h10-13,16,19-20,22-24,28,33-34,38,47-51H,14-15,17-18H2,1-9H3,(H,44,53)/b11-10+,16-13+,21-12?,43-19+. The predicted molar refractivity (Wildman–Crippen MR) is 222 cm³/mol. The number of aromatic hydroxyl groups is 3. The molecule has 60 heavy (non-hydrogen) atoms. The zero-order valence-electron chi connectivity index (χ0n) is 35.1. The minimum atomic E-state index is -3.28. The Morgan fingerprint density at radius 1 is 0.967 bits per heavy atom. The normalized spacial score (nSPS) is 31.4. The number of Topliss-reactive ketones (excluding diaryl/α,β-unsaturated/α-hetero) is 1. The number of fused-ring (bicyclic) bond motifs is 14. The molecule has 4 aliphatic rings. The highest BCUT2D eigenvalue weighted by Gasteiger charge is 2.50. The molecule has 0 aromatic heterocycles. The fraction of sp³-hybridized carbons (Fsp3) is 0.524. The summed E-state index contributed by atoms with van der Waals surface area (Å²) in [7, 11) is -1.87. The van der Waals surface area contributed by atoms with Gasteiger partial charge in [0.15, 0.2) is 15.6 Å². The summed E-state index contributed by atoms with van der Waals surface area (Å²) in [5, 5.41) is 65.9. The number of methoxy groups -OCH3 is 1. The van der Waals surface area contributed by atoms with Crippen molar-refractivity contribution in [3.05, 3.63) is 52.8 Å². The summed E-state index contributed by atoms with van der Waals surface area (Å²) in [6.45, 7) is 12.3. The van der Waals surface area contributed by atoms with Crippen LogP contribution in [-0.2, 0) is 33.6 Å². The number of nitrogens with zero attached hydrogens (tertiary/aromatic N) is 2. The van der Waals surface area contributed by atoms with Gasteiger partial charge in [-0.25, -0.2) is 8.42 Å². The van der Waals surface area contributed by atoms with Crippen LogP contribution in [0.25, 0.3) is 10.8 Å². The third kappa shape index (κ3) is 8.96. The summed E-state index contributed by atoms with van der Waals surface area (Å²) in [6, 6.07) is 0. The fourth-order valence-corrected chi connectivity index (χ4v) is 9.01. The minimum Gasteiger partial charge on any atom is -0.507 e. The van der Waals surface area contributed by atoms with Crippen molar-refractivity contribution in [3.63, 3.8) is 0 Å². The van der Waals surface area contributed by atoms with Gasteiger partial charge in [-0.1, -0.05) is 45.9 Å². The Balaban J connectivity index is 1.71. The lowest BCUT2D eigenvalue weighted by Crippen LogP contribution is -2.46. The number of ether oxygens (including phenoxy) is 4. The number of aliphatic hydroxyl groups excluding tert-OH is 2. The van der Waals surface area contributed by atoms with Gasteiger partial charge in [0, 0.05) is 61.2 Å². The molecule has 2 aromatic carbocycles. The number of amides is 1. The van der Waals surface area contributed by atoms with Crippen LogP contribution in [0.15, 0.2) is 41.2 Å². The van der Waals surface area contributed by atoms with Crippen molar-refractivity contribution in [3.8, 4) is 23.0 Å². The lowest BCUT2D eigenvalue weighted by atomic mass is 9.78. The van der Waals surface area contributed by atoms with Crippen LogP contribution in [0, 0.1) is 30.6 Å². The SMILES string of the molecule is COC1/C=C/OC2(C)Oc3c(C)c(O)c4c(O)c(c(/C=N/N5CCS(=O)(=O)CC5)c(O)c4c3C2=O)NC(=O)C(C)=C/C=C/C(C)C(O)C(C)C(O)C(C)C(OC(C)=O)C1C. The van der Waals surface area contributed by atoms with Gasteiger partial charge in [-0.05, 0) is 19.9 Å². The molecular weight excluding hydrogens is 803 g/mol. The number of benzene rings is 2. The number of rotatable bonds is 4. The average Bonchev–Trinajstić information content (AvgIpc) is 3.46. The number of sulfone groups is 1. The summed E-state index contributed by atoms with van der Waals surface area (Å²) < 4.78 is 47.6. The molecule has 9 atom stereocenters. The molecule has 18 heteroatoms. The third-order valence-electron chi connectivity index (χ3n) is 11.7. The van der Waals surface area contributed by atoms with Crippen molar-refractivity contribution in [1.29, 1.82) is 0 Å². The summed E-state index contributed by atoms with van der Waals surface area (Å²) in [6.07, 6.45) is 4.36. The summed E-state index contributed by atoms with van der Waals surface area (Å²) in [5.41, 5.74) is -0.791. The molecule has 6 rings (SSSR count). The number of hydrazone groups is 1. The minimum absolute atomic E-state index is 0.00232. The first-order valence-corrected chi connectivity index (χ1v) is 21.4. The molecule has 4 aliphatic heterocycles. The number of hydrogen-bond acceptors (Lipinski definition) is 16. The van der Waals surface area contributed by atoms with E-state index in [-0.39, 0.29) is 69.1 Å². The van der Waals surface area contributed by atoms with E-state index in [0.717, 1.165) is 12.5 Å². The maximum absolute atomic E-state index is 14.4. The average molecular weight is 858 g/mol. The van der Waals surface area contributed by atoms with E-state index in [1.165, 1.54) is 58.0 Å². The van der Waals surface area contributed by atoms with Crippen LogP contribution < -0.4 is 10.1 Å². The quantitative estimate of drug-likeness (QED) is 0.111. The Bertz CT molecular complexity index is 2260. The van der Waals surface area contributed by atoms with E-state index in [1.54, 1.807) is 33.8 Å². The van der Waals surface area contributed by atoms with E-state index >= 15 is 0 Å². The Hall–Kier alpha value is -5.17. The number of nitrogens with one attached hydrogen (secondary N) is 1. The molecule has 1 amide bonds. The molecule has 2 aromatic rings. The van der Waals surface area contributed by atoms with E-state index in [1.807, 2.05) is 0 Å². The lowest BCUT2D eigenvalue weighted by molar-refractivity contribution is -0.160. The molecule has 0 spiro atoms. The molecule has 328 valence electrons. The molecule has 0 saturated carbocycles. The third-order valence-corrected chi connectivity index (χ3v) is 13.3. The smallest absolute Gasteiger partial charge is 0.312 e. The monoisotopic (exact) mass is 857 g/mol. The highest BCUT2D eigenvalue weighted by molar-refractivity contribution is 7.91. The summed E-state index contributed by atoms with van der Waals surface area (Å²) >= 11 is 0. The van der Waals surface area contributed by atoms with Gasteiger partial charge in [0.2, 0.25) is 0 Å². The van der Waals surface area contributed by atoms with Crippen molar-refractivity contribution < 1.29 is 67.3 Å². The van der Waals surface area contributed by atoms with Crippen LogP contribution in [0.3, 0.4) is 0 Å². The van der Waals surface area contributed by atoms with Gasteiger partial charge in [0.1, 0.15) is 23.4 Å². The molecule has 4 heterocycles. The number of aliphatic hydroxyl groups is 2. The highest BCUT2D eigenvalue weighted by atomic mass is 32.2. The van der Waals surface area contributed by atoms with Crippen molar-refractivity contribution in [2.24, 2.45) is 28.8 Å². The molecule has 0 radical (unpaired) electrons. The van der Waals surface area contributed by atoms with Gasteiger partial charge >= 0.3 is 11.8 Å². The predicted octanol–water partition coefficient (Wildman–Crippen LogP) is 3.82. The second-order valence-corrected chi connectivity index (χ2v) is 18.3. The summed E-state index contributed by atoms with van der Waals surface area (Å²) in [5.74, 6) is -9.35. The van der Waals surface area contributed by atoms with Crippen LogP contribution >= 0.6 is 0 Å². The topological polar surface area (TPSA) is 251 Å². The second-order valence-electron chi connectivity index (χ2n) is 16.0. The zero-order valence-corrected chi connectivity index (χ0v) is 35.9. The van der Waals surface area contributed by atoms with Gasteiger partial charge < -0.3 is 49.8 Å². The maximum Gasteiger partial charge on any atom is 0.312 e. The van der Waals surface area contributed by atoms with Crippen LogP contribution in [0.1, 0.15) is 70.0 Å². The first-order chi connectivity index (χ1) is 28.0. The van der Waals surface area contributed by atoms with Crippen LogP contribution in [0.2, 0.25) is 0 Å². The van der Waals surface area contributed by atoms with Crippen LogP contribution in [0.4, 0.5) is 5.69 Å². The largest absolute Gasteiger partial charge is 0.507 e. The van der Waals surface area contributed by atoms with Crippen molar-refractivity contribution in [2.45, 2.75) is 85.6 Å². The van der Waals surface area contributed by atoms with Crippen molar-refractivity contribution >= 4 is 50.2 Å². The number of phenolic OH excluding ortho intramolecular Hbond substituents is 3. The number of esters is 1. The number of ketones is 1. The number of anilines is 1. The lowest BCUT2D eigenvalue weighted by Gasteiger charge is -2.38. The second kappa shape index (κ2) is 17.8. The number of hydrogen-bond donors (Lipinski definition) is 6. The van der Waals surface area contributed by atoms with E-state index in [4.69, 9.17) is 18.9 Å². The fourth-order valence-electron chi connectivity index (χ4n) is 7.83. The molecule has 1 fully saturated rings.